The largest absolute Gasteiger partial charge is 0.496 e. The number of aliphatic hydroxyl groups is 1. The van der Waals surface area contributed by atoms with Gasteiger partial charge in [-0.25, -0.2) is 0 Å². The van der Waals surface area contributed by atoms with Gasteiger partial charge in [-0.2, -0.15) is 0 Å². The summed E-state index contributed by atoms with van der Waals surface area (Å²) in [5, 5.41) is 9.14. The summed E-state index contributed by atoms with van der Waals surface area (Å²) < 4.78 is 5.36. The standard InChI is InChI=1S/C14H22N2O2/c1-4-8-16(9-10-17)12-6-5-7-13(18-3)14(12)11(2)15/h4-7,11,17H,1,8-10,15H2,2-3H3/t11-/m0/s1. The van der Waals surface area contributed by atoms with Crippen LogP contribution in [0.1, 0.15) is 18.5 Å². The van der Waals surface area contributed by atoms with Crippen molar-refractivity contribution in [1.29, 1.82) is 0 Å². The van der Waals surface area contributed by atoms with Crippen LogP contribution in [0.25, 0.3) is 0 Å². The van der Waals surface area contributed by atoms with Crippen LogP contribution in [0.2, 0.25) is 0 Å². The van der Waals surface area contributed by atoms with Crippen molar-refractivity contribution >= 4 is 5.69 Å². The number of hydrogen-bond acceptors (Lipinski definition) is 4. The molecule has 0 spiro atoms. The Balaban J connectivity index is 3.22. The van der Waals surface area contributed by atoms with E-state index < -0.39 is 0 Å². The minimum Gasteiger partial charge on any atom is -0.496 e. The van der Waals surface area contributed by atoms with Gasteiger partial charge in [-0.15, -0.1) is 6.58 Å². The van der Waals surface area contributed by atoms with Crippen molar-refractivity contribution in [2.75, 3.05) is 31.7 Å². The molecule has 0 aliphatic heterocycles. The molecule has 0 radical (unpaired) electrons. The summed E-state index contributed by atoms with van der Waals surface area (Å²) in [6, 6.07) is 5.67. The lowest BCUT2D eigenvalue weighted by Crippen LogP contribution is -2.28. The second kappa shape index (κ2) is 7.03. The van der Waals surface area contributed by atoms with E-state index in [0.29, 0.717) is 13.1 Å². The first kappa shape index (κ1) is 14.5. The highest BCUT2D eigenvalue weighted by Gasteiger charge is 2.16. The number of rotatable bonds is 7. The number of benzene rings is 1. The fraction of sp³-hybridized carbons (Fsp3) is 0.429. The van der Waals surface area contributed by atoms with Crippen LogP contribution in [-0.2, 0) is 0 Å². The molecule has 1 rings (SSSR count). The SMILES string of the molecule is C=CCN(CCO)c1cccc(OC)c1[C@H](C)N. The van der Waals surface area contributed by atoms with Gasteiger partial charge in [0.05, 0.1) is 13.7 Å². The highest BCUT2D eigenvalue weighted by molar-refractivity contribution is 5.61. The summed E-state index contributed by atoms with van der Waals surface area (Å²) in [7, 11) is 1.63. The first-order valence-electron chi connectivity index (χ1n) is 6.04. The summed E-state index contributed by atoms with van der Waals surface area (Å²) >= 11 is 0. The van der Waals surface area contributed by atoms with E-state index >= 15 is 0 Å². The molecule has 100 valence electrons. The molecule has 4 heteroatoms. The Morgan fingerprint density at radius 1 is 1.56 bits per heavy atom. The van der Waals surface area contributed by atoms with Crippen LogP contribution in [0.5, 0.6) is 5.75 Å². The fourth-order valence-corrected chi connectivity index (χ4v) is 2.03. The second-order valence-electron chi connectivity index (χ2n) is 4.14. The number of nitrogens with zero attached hydrogens (tertiary/aromatic N) is 1. The number of anilines is 1. The van der Waals surface area contributed by atoms with E-state index in [1.165, 1.54) is 0 Å². The van der Waals surface area contributed by atoms with Crippen molar-refractivity contribution in [3.63, 3.8) is 0 Å². The van der Waals surface area contributed by atoms with Crippen LogP contribution in [-0.4, -0.2) is 31.9 Å². The van der Waals surface area contributed by atoms with Gasteiger partial charge in [-0.05, 0) is 19.1 Å². The Bertz CT molecular complexity index is 391. The average Bonchev–Trinajstić information content (AvgIpc) is 2.37. The smallest absolute Gasteiger partial charge is 0.125 e. The quantitative estimate of drug-likeness (QED) is 0.723. The maximum atomic E-state index is 9.14. The summed E-state index contributed by atoms with van der Waals surface area (Å²) in [4.78, 5) is 2.04. The van der Waals surface area contributed by atoms with Crippen LogP contribution in [0.3, 0.4) is 0 Å². The number of ether oxygens (including phenoxy) is 1. The topological polar surface area (TPSA) is 58.7 Å². The van der Waals surface area contributed by atoms with E-state index in [0.717, 1.165) is 17.0 Å². The Morgan fingerprint density at radius 2 is 2.28 bits per heavy atom. The first-order valence-corrected chi connectivity index (χ1v) is 6.04. The van der Waals surface area contributed by atoms with E-state index in [1.807, 2.05) is 30.0 Å². The van der Waals surface area contributed by atoms with Gasteiger partial charge in [0.1, 0.15) is 5.75 Å². The van der Waals surface area contributed by atoms with Crippen molar-refractivity contribution < 1.29 is 9.84 Å². The third kappa shape index (κ3) is 3.24. The van der Waals surface area contributed by atoms with Gasteiger partial charge < -0.3 is 20.5 Å². The molecule has 0 aliphatic rings. The lowest BCUT2D eigenvalue weighted by atomic mass is 10.0. The Labute approximate surface area is 109 Å². The zero-order chi connectivity index (χ0) is 13.5. The number of nitrogens with two attached hydrogens (primary N) is 1. The maximum Gasteiger partial charge on any atom is 0.125 e. The zero-order valence-electron chi connectivity index (χ0n) is 11.1. The number of methoxy groups -OCH3 is 1. The van der Waals surface area contributed by atoms with Crippen molar-refractivity contribution in [3.05, 3.63) is 36.4 Å². The molecule has 4 nitrogen and oxygen atoms in total. The van der Waals surface area contributed by atoms with Crippen LogP contribution in [0.15, 0.2) is 30.9 Å². The van der Waals surface area contributed by atoms with E-state index in [4.69, 9.17) is 15.6 Å². The van der Waals surface area contributed by atoms with E-state index in [1.54, 1.807) is 13.2 Å². The van der Waals surface area contributed by atoms with E-state index in [9.17, 15) is 0 Å². The van der Waals surface area contributed by atoms with Crippen molar-refractivity contribution in [3.8, 4) is 5.75 Å². The minimum absolute atomic E-state index is 0.0867. The molecule has 0 bridgehead atoms. The van der Waals surface area contributed by atoms with E-state index in [2.05, 4.69) is 6.58 Å². The molecule has 0 aliphatic carbocycles. The zero-order valence-corrected chi connectivity index (χ0v) is 11.1. The molecule has 1 aromatic rings. The molecule has 1 aromatic carbocycles. The molecule has 0 unspecified atom stereocenters. The van der Waals surface area contributed by atoms with Crippen LogP contribution >= 0.6 is 0 Å². The average molecular weight is 250 g/mol. The lowest BCUT2D eigenvalue weighted by molar-refractivity contribution is 0.303. The molecule has 0 aromatic heterocycles. The highest BCUT2D eigenvalue weighted by atomic mass is 16.5. The van der Waals surface area contributed by atoms with Gasteiger partial charge in [0.15, 0.2) is 0 Å². The fourth-order valence-electron chi connectivity index (χ4n) is 2.03. The molecule has 0 saturated carbocycles. The van der Waals surface area contributed by atoms with Gasteiger partial charge in [0, 0.05) is 30.4 Å². The third-order valence-corrected chi connectivity index (χ3v) is 2.78. The van der Waals surface area contributed by atoms with Gasteiger partial charge in [0.25, 0.3) is 0 Å². The maximum absolute atomic E-state index is 9.14. The van der Waals surface area contributed by atoms with Crippen molar-refractivity contribution in [2.45, 2.75) is 13.0 Å². The van der Waals surface area contributed by atoms with Crippen molar-refractivity contribution in [1.82, 2.24) is 0 Å². The predicted octanol–water partition coefficient (Wildman–Crippen LogP) is 1.70. The van der Waals surface area contributed by atoms with Crippen LogP contribution in [0.4, 0.5) is 5.69 Å². The van der Waals surface area contributed by atoms with Crippen LogP contribution < -0.4 is 15.4 Å². The van der Waals surface area contributed by atoms with Gasteiger partial charge in [0.2, 0.25) is 0 Å². The lowest BCUT2D eigenvalue weighted by Gasteiger charge is -2.27. The first-order chi connectivity index (χ1) is 8.65. The summed E-state index contributed by atoms with van der Waals surface area (Å²) in [5.74, 6) is 0.773. The number of aliphatic hydroxyl groups excluding tert-OH is 1. The Morgan fingerprint density at radius 3 is 2.78 bits per heavy atom. The van der Waals surface area contributed by atoms with Crippen molar-refractivity contribution in [2.24, 2.45) is 5.73 Å². The van der Waals surface area contributed by atoms with Crippen LogP contribution in [0, 0.1) is 0 Å². The molecule has 0 heterocycles. The Hall–Kier alpha value is -1.52. The molecule has 1 atom stereocenters. The number of hydrogen-bond donors (Lipinski definition) is 2. The van der Waals surface area contributed by atoms with Gasteiger partial charge >= 0.3 is 0 Å². The highest BCUT2D eigenvalue weighted by Crippen LogP contribution is 2.33. The molecule has 0 amide bonds. The van der Waals surface area contributed by atoms with Gasteiger partial charge in [-0.3, -0.25) is 0 Å². The predicted molar refractivity (Wildman–Crippen MR) is 75.1 cm³/mol. The molecular formula is C14H22N2O2. The minimum atomic E-state index is -0.137. The monoisotopic (exact) mass is 250 g/mol. The molecule has 18 heavy (non-hydrogen) atoms. The summed E-state index contributed by atoms with van der Waals surface area (Å²) in [6.45, 7) is 6.95. The molecule has 0 fully saturated rings. The molecular weight excluding hydrogens is 228 g/mol. The second-order valence-corrected chi connectivity index (χ2v) is 4.14. The normalized spacial score (nSPS) is 12.0. The molecule has 0 saturated heterocycles. The Kier molecular flexibility index (Phi) is 5.68. The summed E-state index contributed by atoms with van der Waals surface area (Å²) in [6.07, 6.45) is 1.81. The van der Waals surface area contributed by atoms with Gasteiger partial charge in [-0.1, -0.05) is 12.1 Å². The third-order valence-electron chi connectivity index (χ3n) is 2.78. The summed E-state index contributed by atoms with van der Waals surface area (Å²) in [5.41, 5.74) is 7.96. The van der Waals surface area contributed by atoms with E-state index in [-0.39, 0.29) is 12.6 Å². The molecule has 3 N–H and O–H groups in total.